The Morgan fingerprint density at radius 3 is 3.07 bits per heavy atom. The average molecular weight is 200 g/mol. The first-order chi connectivity index (χ1) is 7.24. The lowest BCUT2D eigenvalue weighted by Gasteiger charge is -2.23. The van der Waals surface area contributed by atoms with Gasteiger partial charge in [-0.3, -0.25) is 0 Å². The molecule has 0 aliphatic carbocycles. The van der Waals surface area contributed by atoms with E-state index in [1.165, 1.54) is 5.56 Å². The van der Waals surface area contributed by atoms with Gasteiger partial charge in [-0.2, -0.15) is 0 Å². The first kappa shape index (κ1) is 8.60. The number of hydrogen-bond acceptors (Lipinski definition) is 2. The van der Waals surface area contributed by atoms with Crippen LogP contribution >= 0.6 is 0 Å². The summed E-state index contributed by atoms with van der Waals surface area (Å²) in [5.74, 6) is 1.27. The second-order valence-electron chi connectivity index (χ2n) is 4.09. The molecule has 0 saturated heterocycles. The first-order valence-corrected chi connectivity index (χ1v) is 5.15. The van der Waals surface area contributed by atoms with Crippen LogP contribution in [0.5, 0.6) is 11.5 Å². The van der Waals surface area contributed by atoms with E-state index >= 15 is 0 Å². The van der Waals surface area contributed by atoms with Gasteiger partial charge < -0.3 is 9.84 Å². The van der Waals surface area contributed by atoms with Crippen molar-refractivity contribution in [3.05, 3.63) is 35.9 Å². The molecule has 0 bridgehead atoms. The Labute approximate surface area is 88.1 Å². The van der Waals surface area contributed by atoms with Crippen LogP contribution in [-0.2, 0) is 6.42 Å². The monoisotopic (exact) mass is 200 g/mol. The third-order valence-electron chi connectivity index (χ3n) is 2.84. The molecule has 1 unspecified atom stereocenters. The average Bonchev–Trinajstić information content (AvgIpc) is 2.16. The van der Waals surface area contributed by atoms with Crippen LogP contribution in [0.15, 0.2) is 30.3 Å². The van der Waals surface area contributed by atoms with Gasteiger partial charge in [-0.1, -0.05) is 12.1 Å². The Kier molecular flexibility index (Phi) is 1.66. The number of hydrogen-bond donors (Lipinski definition) is 1. The summed E-state index contributed by atoms with van der Waals surface area (Å²) in [4.78, 5) is 0. The summed E-state index contributed by atoms with van der Waals surface area (Å²) in [6, 6.07) is 9.56. The summed E-state index contributed by atoms with van der Waals surface area (Å²) in [5, 5.41) is 11.8. The van der Waals surface area contributed by atoms with E-state index in [0.717, 1.165) is 22.9 Å². The van der Waals surface area contributed by atoms with E-state index in [0.29, 0.717) is 5.75 Å². The van der Waals surface area contributed by atoms with Gasteiger partial charge in [0.1, 0.15) is 11.5 Å². The molecule has 0 amide bonds. The van der Waals surface area contributed by atoms with E-state index in [-0.39, 0.29) is 6.10 Å². The largest absolute Gasteiger partial charge is 0.508 e. The van der Waals surface area contributed by atoms with Crippen LogP contribution in [0, 0.1) is 0 Å². The third kappa shape index (κ3) is 1.25. The molecule has 0 fully saturated rings. The molecule has 1 aliphatic rings. The van der Waals surface area contributed by atoms with Gasteiger partial charge in [0.15, 0.2) is 0 Å². The minimum atomic E-state index is 0.185. The van der Waals surface area contributed by atoms with Crippen LogP contribution in [0.1, 0.15) is 12.5 Å². The Morgan fingerprint density at radius 1 is 1.33 bits per heavy atom. The molecule has 1 heterocycles. The fraction of sp³-hybridized carbons (Fsp3) is 0.231. The van der Waals surface area contributed by atoms with Crippen molar-refractivity contribution in [1.82, 2.24) is 0 Å². The zero-order valence-corrected chi connectivity index (χ0v) is 8.53. The predicted octanol–water partition coefficient (Wildman–Crippen LogP) is 2.87. The topological polar surface area (TPSA) is 29.5 Å². The molecule has 0 radical (unpaired) electrons. The van der Waals surface area contributed by atoms with Gasteiger partial charge in [0.05, 0.1) is 6.10 Å². The molecular formula is C13H12O2. The lowest BCUT2D eigenvalue weighted by atomic mass is 9.96. The molecule has 1 atom stereocenters. The van der Waals surface area contributed by atoms with Crippen LogP contribution in [0.2, 0.25) is 0 Å². The van der Waals surface area contributed by atoms with Crippen molar-refractivity contribution in [2.75, 3.05) is 0 Å². The number of ether oxygens (including phenoxy) is 1. The lowest BCUT2D eigenvalue weighted by molar-refractivity contribution is 0.218. The normalized spacial score (nSPS) is 18.9. The molecule has 2 heteroatoms. The summed E-state index contributed by atoms with van der Waals surface area (Å²) in [5.41, 5.74) is 1.18. The number of benzene rings is 2. The van der Waals surface area contributed by atoms with Crippen molar-refractivity contribution < 1.29 is 9.84 Å². The predicted molar refractivity (Wildman–Crippen MR) is 59.4 cm³/mol. The SMILES string of the molecule is CC1Cc2cc(O)cc3cccc(c23)O1. The van der Waals surface area contributed by atoms with E-state index in [1.54, 1.807) is 6.07 Å². The van der Waals surface area contributed by atoms with E-state index < -0.39 is 0 Å². The Balaban J connectivity index is 2.40. The molecular weight excluding hydrogens is 188 g/mol. The van der Waals surface area contributed by atoms with Crippen LogP contribution in [-0.4, -0.2) is 11.2 Å². The van der Waals surface area contributed by atoms with Gasteiger partial charge in [0, 0.05) is 11.8 Å². The van der Waals surface area contributed by atoms with Crippen LogP contribution in [0.4, 0.5) is 0 Å². The van der Waals surface area contributed by atoms with Gasteiger partial charge in [0.2, 0.25) is 0 Å². The molecule has 0 spiro atoms. The van der Waals surface area contributed by atoms with E-state index in [1.807, 2.05) is 31.2 Å². The van der Waals surface area contributed by atoms with E-state index in [9.17, 15) is 5.11 Å². The fourth-order valence-corrected chi connectivity index (χ4v) is 2.29. The second kappa shape index (κ2) is 2.89. The molecule has 76 valence electrons. The minimum absolute atomic E-state index is 0.185. The highest BCUT2D eigenvalue weighted by Gasteiger charge is 2.18. The van der Waals surface area contributed by atoms with E-state index in [4.69, 9.17) is 4.74 Å². The second-order valence-corrected chi connectivity index (χ2v) is 4.09. The van der Waals surface area contributed by atoms with Crippen LogP contribution in [0.3, 0.4) is 0 Å². The van der Waals surface area contributed by atoms with Gasteiger partial charge in [-0.25, -0.2) is 0 Å². The number of aromatic hydroxyl groups is 1. The number of rotatable bonds is 0. The Morgan fingerprint density at radius 2 is 2.20 bits per heavy atom. The highest BCUT2D eigenvalue weighted by molar-refractivity contribution is 5.93. The lowest BCUT2D eigenvalue weighted by Crippen LogP contribution is -2.19. The molecule has 1 N–H and O–H groups in total. The van der Waals surface area contributed by atoms with Crippen molar-refractivity contribution in [1.29, 1.82) is 0 Å². The van der Waals surface area contributed by atoms with Crippen molar-refractivity contribution in [2.24, 2.45) is 0 Å². The van der Waals surface area contributed by atoms with Gasteiger partial charge in [-0.05, 0) is 36.1 Å². The maximum Gasteiger partial charge on any atom is 0.127 e. The molecule has 1 aliphatic heterocycles. The smallest absolute Gasteiger partial charge is 0.127 e. The maximum absolute atomic E-state index is 9.60. The molecule has 15 heavy (non-hydrogen) atoms. The highest BCUT2D eigenvalue weighted by atomic mass is 16.5. The van der Waals surface area contributed by atoms with Crippen molar-refractivity contribution in [3.63, 3.8) is 0 Å². The van der Waals surface area contributed by atoms with Crippen LogP contribution < -0.4 is 4.74 Å². The summed E-state index contributed by atoms with van der Waals surface area (Å²) >= 11 is 0. The van der Waals surface area contributed by atoms with Crippen molar-refractivity contribution >= 4 is 10.8 Å². The third-order valence-corrected chi connectivity index (χ3v) is 2.84. The van der Waals surface area contributed by atoms with Gasteiger partial charge in [-0.15, -0.1) is 0 Å². The zero-order chi connectivity index (χ0) is 10.4. The molecule has 0 saturated carbocycles. The number of phenolic OH excluding ortho intramolecular Hbond substituents is 1. The molecule has 2 aromatic rings. The minimum Gasteiger partial charge on any atom is -0.508 e. The zero-order valence-electron chi connectivity index (χ0n) is 8.53. The molecule has 0 aromatic heterocycles. The van der Waals surface area contributed by atoms with Gasteiger partial charge >= 0.3 is 0 Å². The first-order valence-electron chi connectivity index (χ1n) is 5.15. The summed E-state index contributed by atoms with van der Waals surface area (Å²) < 4.78 is 5.76. The summed E-state index contributed by atoms with van der Waals surface area (Å²) in [7, 11) is 0. The van der Waals surface area contributed by atoms with Crippen molar-refractivity contribution in [2.45, 2.75) is 19.4 Å². The fourth-order valence-electron chi connectivity index (χ4n) is 2.29. The molecule has 2 nitrogen and oxygen atoms in total. The molecule has 3 rings (SSSR count). The quantitative estimate of drug-likeness (QED) is 0.708. The summed E-state index contributed by atoms with van der Waals surface area (Å²) in [6.07, 6.45) is 1.05. The van der Waals surface area contributed by atoms with Gasteiger partial charge in [0.25, 0.3) is 0 Å². The van der Waals surface area contributed by atoms with Crippen molar-refractivity contribution in [3.8, 4) is 11.5 Å². The standard InChI is InChI=1S/C13H12O2/c1-8-5-10-7-11(14)6-9-3-2-4-12(15-8)13(9)10/h2-4,6-8,14H,5H2,1H3. The maximum atomic E-state index is 9.60. The summed E-state index contributed by atoms with van der Waals surface area (Å²) in [6.45, 7) is 2.05. The highest BCUT2D eigenvalue weighted by Crippen LogP contribution is 2.36. The number of phenols is 1. The van der Waals surface area contributed by atoms with E-state index in [2.05, 4.69) is 0 Å². The Hall–Kier alpha value is -1.70. The van der Waals surface area contributed by atoms with Crippen LogP contribution in [0.25, 0.3) is 10.8 Å². The Bertz CT molecular complexity index is 531. The molecule has 2 aromatic carbocycles.